The van der Waals surface area contributed by atoms with Gasteiger partial charge in [-0.05, 0) is 25.8 Å². The molecule has 0 saturated heterocycles. The van der Waals surface area contributed by atoms with Crippen LogP contribution in [0, 0.1) is 29.6 Å². The Morgan fingerprint density at radius 2 is 2.14 bits per heavy atom. The molecule has 1 fully saturated rings. The standard InChI is InChI=1S/C12H18N2/c1-2-3-6-9-14-12-8-5-4-7-11(12)10-13/h1,11-12,14H,3-9H2. The molecule has 0 aliphatic heterocycles. The molecule has 0 bridgehead atoms. The highest BCUT2D eigenvalue weighted by atomic mass is 14.9. The van der Waals surface area contributed by atoms with Gasteiger partial charge >= 0.3 is 0 Å². The van der Waals surface area contributed by atoms with Crippen molar-refractivity contribution in [3.8, 4) is 18.4 Å². The second-order valence-electron chi connectivity index (χ2n) is 3.89. The van der Waals surface area contributed by atoms with Gasteiger partial charge in [0.05, 0.1) is 12.0 Å². The lowest BCUT2D eigenvalue weighted by Crippen LogP contribution is -2.38. The molecule has 2 atom stereocenters. The summed E-state index contributed by atoms with van der Waals surface area (Å²) in [6.07, 6.45) is 11.7. The van der Waals surface area contributed by atoms with Crippen molar-refractivity contribution in [3.05, 3.63) is 0 Å². The van der Waals surface area contributed by atoms with E-state index in [-0.39, 0.29) is 5.92 Å². The van der Waals surface area contributed by atoms with E-state index in [0.717, 1.165) is 32.2 Å². The van der Waals surface area contributed by atoms with Crippen molar-refractivity contribution in [1.82, 2.24) is 5.32 Å². The molecule has 0 aromatic carbocycles. The molecule has 1 saturated carbocycles. The zero-order chi connectivity index (χ0) is 10.2. The van der Waals surface area contributed by atoms with Crippen molar-refractivity contribution in [1.29, 1.82) is 5.26 Å². The second kappa shape index (κ2) is 6.46. The number of terminal acetylenes is 1. The lowest BCUT2D eigenvalue weighted by Gasteiger charge is -2.27. The minimum Gasteiger partial charge on any atom is -0.313 e. The predicted molar refractivity (Wildman–Crippen MR) is 57.4 cm³/mol. The number of hydrogen-bond acceptors (Lipinski definition) is 2. The van der Waals surface area contributed by atoms with Crippen LogP contribution in [0.2, 0.25) is 0 Å². The van der Waals surface area contributed by atoms with Crippen LogP contribution in [0.4, 0.5) is 0 Å². The molecule has 0 heterocycles. The van der Waals surface area contributed by atoms with E-state index < -0.39 is 0 Å². The first kappa shape index (κ1) is 11.1. The van der Waals surface area contributed by atoms with E-state index >= 15 is 0 Å². The van der Waals surface area contributed by atoms with Crippen LogP contribution in [-0.2, 0) is 0 Å². The van der Waals surface area contributed by atoms with Crippen LogP contribution in [0.3, 0.4) is 0 Å². The molecule has 0 spiro atoms. The minimum atomic E-state index is 0.217. The molecule has 2 nitrogen and oxygen atoms in total. The molecule has 2 unspecified atom stereocenters. The van der Waals surface area contributed by atoms with Gasteiger partial charge in [0.25, 0.3) is 0 Å². The van der Waals surface area contributed by atoms with Crippen molar-refractivity contribution < 1.29 is 0 Å². The smallest absolute Gasteiger partial charge is 0.0672 e. The third kappa shape index (κ3) is 3.40. The van der Waals surface area contributed by atoms with E-state index in [9.17, 15) is 0 Å². The van der Waals surface area contributed by atoms with E-state index in [0.29, 0.717) is 6.04 Å². The summed E-state index contributed by atoms with van der Waals surface area (Å²) in [6, 6.07) is 2.80. The average Bonchev–Trinajstić information content (AvgIpc) is 2.25. The molecule has 1 rings (SSSR count). The third-order valence-electron chi connectivity index (χ3n) is 2.84. The Kier molecular flexibility index (Phi) is 5.12. The average molecular weight is 190 g/mol. The van der Waals surface area contributed by atoms with Crippen molar-refractivity contribution in [2.24, 2.45) is 5.92 Å². The van der Waals surface area contributed by atoms with Crippen molar-refractivity contribution in [2.45, 2.75) is 44.6 Å². The zero-order valence-electron chi connectivity index (χ0n) is 8.63. The SMILES string of the molecule is C#CCCCNC1CCCCC1C#N. The molecule has 0 aromatic heterocycles. The van der Waals surface area contributed by atoms with Crippen LogP contribution in [0.25, 0.3) is 0 Å². The van der Waals surface area contributed by atoms with Gasteiger partial charge in [0, 0.05) is 12.5 Å². The number of nitriles is 1. The predicted octanol–water partition coefficient (Wildman–Crippen LogP) is 2.07. The van der Waals surface area contributed by atoms with E-state index in [2.05, 4.69) is 17.3 Å². The Morgan fingerprint density at radius 3 is 2.86 bits per heavy atom. The molecular formula is C12H18N2. The molecular weight excluding hydrogens is 172 g/mol. The molecule has 14 heavy (non-hydrogen) atoms. The van der Waals surface area contributed by atoms with Gasteiger partial charge in [-0.15, -0.1) is 12.3 Å². The Labute approximate surface area is 86.7 Å². The number of nitrogens with zero attached hydrogens (tertiary/aromatic N) is 1. The highest BCUT2D eigenvalue weighted by Crippen LogP contribution is 2.23. The molecule has 2 heteroatoms. The van der Waals surface area contributed by atoms with Crippen molar-refractivity contribution >= 4 is 0 Å². The highest BCUT2D eigenvalue weighted by molar-refractivity contribution is 4.94. The van der Waals surface area contributed by atoms with Gasteiger partial charge in [0.2, 0.25) is 0 Å². The number of unbranched alkanes of at least 4 members (excludes halogenated alkanes) is 1. The maximum absolute atomic E-state index is 8.94. The molecule has 76 valence electrons. The third-order valence-corrected chi connectivity index (χ3v) is 2.84. The first-order valence-corrected chi connectivity index (χ1v) is 5.45. The quantitative estimate of drug-likeness (QED) is 0.544. The van der Waals surface area contributed by atoms with E-state index in [1.54, 1.807) is 0 Å². The van der Waals surface area contributed by atoms with E-state index in [1.807, 2.05) is 0 Å². The molecule has 1 aliphatic rings. The lowest BCUT2D eigenvalue weighted by molar-refractivity contribution is 0.312. The molecule has 0 radical (unpaired) electrons. The summed E-state index contributed by atoms with van der Waals surface area (Å²) in [5, 5.41) is 12.4. The fourth-order valence-electron chi connectivity index (χ4n) is 2.01. The van der Waals surface area contributed by atoms with Gasteiger partial charge in [-0.3, -0.25) is 0 Å². The van der Waals surface area contributed by atoms with Crippen LogP contribution >= 0.6 is 0 Å². The van der Waals surface area contributed by atoms with Crippen LogP contribution in [0.1, 0.15) is 38.5 Å². The molecule has 1 aliphatic carbocycles. The summed E-state index contributed by atoms with van der Waals surface area (Å²) in [5.41, 5.74) is 0. The monoisotopic (exact) mass is 190 g/mol. The lowest BCUT2D eigenvalue weighted by atomic mass is 9.85. The second-order valence-corrected chi connectivity index (χ2v) is 3.89. The van der Waals surface area contributed by atoms with Gasteiger partial charge in [0.1, 0.15) is 0 Å². The van der Waals surface area contributed by atoms with Crippen LogP contribution < -0.4 is 5.32 Å². The van der Waals surface area contributed by atoms with Crippen LogP contribution in [0.15, 0.2) is 0 Å². The Balaban J connectivity index is 2.21. The number of rotatable bonds is 4. The normalized spacial score (nSPS) is 26.4. The molecule has 1 N–H and O–H groups in total. The van der Waals surface area contributed by atoms with Crippen molar-refractivity contribution in [3.63, 3.8) is 0 Å². The van der Waals surface area contributed by atoms with Crippen molar-refractivity contribution in [2.75, 3.05) is 6.54 Å². The first-order chi connectivity index (χ1) is 6.88. The van der Waals surface area contributed by atoms with Gasteiger partial charge in [-0.1, -0.05) is 12.8 Å². The zero-order valence-corrected chi connectivity index (χ0v) is 8.63. The topological polar surface area (TPSA) is 35.8 Å². The summed E-state index contributed by atoms with van der Waals surface area (Å²) in [7, 11) is 0. The summed E-state index contributed by atoms with van der Waals surface area (Å²) >= 11 is 0. The number of nitrogens with one attached hydrogen (secondary N) is 1. The summed E-state index contributed by atoms with van der Waals surface area (Å²) in [4.78, 5) is 0. The van der Waals surface area contributed by atoms with E-state index in [4.69, 9.17) is 11.7 Å². The first-order valence-electron chi connectivity index (χ1n) is 5.45. The highest BCUT2D eigenvalue weighted by Gasteiger charge is 2.23. The number of hydrogen-bond donors (Lipinski definition) is 1. The van der Waals surface area contributed by atoms with Gasteiger partial charge in [-0.2, -0.15) is 5.26 Å². The maximum atomic E-state index is 8.94. The van der Waals surface area contributed by atoms with Gasteiger partial charge < -0.3 is 5.32 Å². The molecule has 0 aromatic rings. The van der Waals surface area contributed by atoms with Gasteiger partial charge in [-0.25, -0.2) is 0 Å². The van der Waals surface area contributed by atoms with Gasteiger partial charge in [0.15, 0.2) is 0 Å². The Hall–Kier alpha value is -0.990. The summed E-state index contributed by atoms with van der Waals surface area (Å²) in [5.74, 6) is 2.84. The minimum absolute atomic E-state index is 0.217. The van der Waals surface area contributed by atoms with Crippen LogP contribution in [0.5, 0.6) is 0 Å². The fourth-order valence-corrected chi connectivity index (χ4v) is 2.01. The largest absolute Gasteiger partial charge is 0.313 e. The van der Waals surface area contributed by atoms with Crippen LogP contribution in [-0.4, -0.2) is 12.6 Å². The maximum Gasteiger partial charge on any atom is 0.0672 e. The van der Waals surface area contributed by atoms with E-state index in [1.165, 1.54) is 12.8 Å². The Morgan fingerprint density at radius 1 is 1.36 bits per heavy atom. The fraction of sp³-hybridized carbons (Fsp3) is 0.750. The molecule has 0 amide bonds. The summed E-state index contributed by atoms with van der Waals surface area (Å²) < 4.78 is 0. The Bertz CT molecular complexity index is 234. The summed E-state index contributed by atoms with van der Waals surface area (Å²) in [6.45, 7) is 0.951.